The number of piperidine rings is 1. The van der Waals surface area contributed by atoms with E-state index < -0.39 is 0 Å². The molecule has 0 radical (unpaired) electrons. The molecule has 1 aliphatic rings. The number of nitrogens with zero attached hydrogens (tertiary/aromatic N) is 1. The number of amides is 2. The monoisotopic (exact) mass is 490 g/mol. The summed E-state index contributed by atoms with van der Waals surface area (Å²) in [5.41, 5.74) is 1.58. The predicted octanol–water partition coefficient (Wildman–Crippen LogP) is 4.96. The molecule has 1 N–H and O–H groups in total. The van der Waals surface area contributed by atoms with Gasteiger partial charge in [0.1, 0.15) is 5.70 Å². The van der Waals surface area contributed by atoms with Crippen molar-refractivity contribution < 1.29 is 9.59 Å². The number of nitrogens with one attached hydrogen (secondary N) is 1. The van der Waals surface area contributed by atoms with Crippen molar-refractivity contribution in [1.82, 2.24) is 10.2 Å². The molecule has 140 valence electrons. The average molecular weight is 492 g/mol. The molecule has 6 heteroatoms. The van der Waals surface area contributed by atoms with Crippen LogP contribution in [0, 0.1) is 0 Å². The number of carbonyl (C=O) groups excluding carboxylic acids is 2. The van der Waals surface area contributed by atoms with Crippen molar-refractivity contribution >= 4 is 48.2 Å². The highest BCUT2D eigenvalue weighted by Crippen LogP contribution is 2.31. The van der Waals surface area contributed by atoms with E-state index in [9.17, 15) is 9.59 Å². The fourth-order valence-corrected chi connectivity index (χ4v) is 4.37. The molecular weight excluding hydrogens is 472 g/mol. The first-order chi connectivity index (χ1) is 13.1. The quantitative estimate of drug-likeness (QED) is 0.615. The molecule has 4 nitrogen and oxygen atoms in total. The number of carbonyl (C=O) groups is 2. The lowest BCUT2D eigenvalue weighted by Crippen LogP contribution is -2.41. The Morgan fingerprint density at radius 2 is 1.52 bits per heavy atom. The highest BCUT2D eigenvalue weighted by atomic mass is 79.9. The van der Waals surface area contributed by atoms with Gasteiger partial charge in [-0.3, -0.25) is 9.59 Å². The van der Waals surface area contributed by atoms with Crippen LogP contribution in [-0.4, -0.2) is 29.8 Å². The molecule has 3 rings (SSSR count). The van der Waals surface area contributed by atoms with E-state index in [2.05, 4.69) is 37.2 Å². The molecule has 1 saturated heterocycles. The Morgan fingerprint density at radius 1 is 0.889 bits per heavy atom. The lowest BCUT2D eigenvalue weighted by Gasteiger charge is -2.28. The summed E-state index contributed by atoms with van der Waals surface area (Å²) < 4.78 is 1.41. The second-order valence-corrected chi connectivity index (χ2v) is 7.99. The fraction of sp³-hybridized carbons (Fsp3) is 0.238. The number of hydrogen-bond acceptors (Lipinski definition) is 2. The van der Waals surface area contributed by atoms with Crippen molar-refractivity contribution in [1.29, 1.82) is 0 Å². The second-order valence-electron chi connectivity index (χ2n) is 6.34. The van der Waals surface area contributed by atoms with Gasteiger partial charge in [0.25, 0.3) is 11.8 Å². The first-order valence-electron chi connectivity index (χ1n) is 8.88. The van der Waals surface area contributed by atoms with Gasteiger partial charge in [0.05, 0.1) is 4.48 Å². The van der Waals surface area contributed by atoms with Crippen LogP contribution in [0.5, 0.6) is 0 Å². The SMILES string of the molecule is O=C(N/C(C(=O)N1CCCCC1)=C(\Br)c1ccccc1Br)c1ccccc1. The molecule has 0 saturated carbocycles. The van der Waals surface area contributed by atoms with Crippen molar-refractivity contribution in [3.05, 3.63) is 75.9 Å². The van der Waals surface area contributed by atoms with Gasteiger partial charge in [-0.2, -0.15) is 0 Å². The van der Waals surface area contributed by atoms with E-state index in [0.29, 0.717) is 23.1 Å². The molecule has 1 fully saturated rings. The number of rotatable bonds is 4. The van der Waals surface area contributed by atoms with Crippen LogP contribution in [0.4, 0.5) is 0 Å². The Hall–Kier alpha value is -1.92. The maximum atomic E-state index is 13.2. The lowest BCUT2D eigenvalue weighted by atomic mass is 10.1. The molecule has 0 spiro atoms. The van der Waals surface area contributed by atoms with Crippen molar-refractivity contribution in [2.45, 2.75) is 19.3 Å². The van der Waals surface area contributed by atoms with Crippen molar-refractivity contribution in [2.24, 2.45) is 0 Å². The Bertz CT molecular complexity index is 859. The normalized spacial score (nSPS) is 15.1. The molecule has 2 amide bonds. The average Bonchev–Trinajstić information content (AvgIpc) is 2.72. The van der Waals surface area contributed by atoms with Crippen LogP contribution in [-0.2, 0) is 4.79 Å². The summed E-state index contributed by atoms with van der Waals surface area (Å²) in [5.74, 6) is -0.471. The van der Waals surface area contributed by atoms with Gasteiger partial charge in [-0.05, 0) is 53.4 Å². The minimum Gasteiger partial charge on any atom is -0.337 e. The summed E-state index contributed by atoms with van der Waals surface area (Å²) in [5, 5.41) is 2.84. The molecule has 2 aromatic carbocycles. The van der Waals surface area contributed by atoms with E-state index in [1.165, 1.54) is 0 Å². The highest BCUT2D eigenvalue weighted by molar-refractivity contribution is 9.15. The molecule has 2 aromatic rings. The van der Waals surface area contributed by atoms with Gasteiger partial charge in [-0.25, -0.2) is 0 Å². The highest BCUT2D eigenvalue weighted by Gasteiger charge is 2.25. The zero-order valence-electron chi connectivity index (χ0n) is 14.8. The molecule has 0 atom stereocenters. The first kappa shape index (κ1) is 19.8. The second kappa shape index (κ2) is 9.33. The van der Waals surface area contributed by atoms with Crippen LogP contribution < -0.4 is 5.32 Å². The predicted molar refractivity (Wildman–Crippen MR) is 114 cm³/mol. The van der Waals surface area contributed by atoms with Gasteiger partial charge >= 0.3 is 0 Å². The molecule has 1 aliphatic heterocycles. The number of likely N-dealkylation sites (tertiary alicyclic amines) is 1. The van der Waals surface area contributed by atoms with E-state index in [0.717, 1.165) is 29.3 Å². The Kier molecular flexibility index (Phi) is 6.85. The summed E-state index contributed by atoms with van der Waals surface area (Å²) in [6, 6.07) is 16.5. The summed E-state index contributed by atoms with van der Waals surface area (Å²) >= 11 is 7.08. The summed E-state index contributed by atoms with van der Waals surface area (Å²) in [7, 11) is 0. The van der Waals surface area contributed by atoms with Crippen molar-refractivity contribution in [3.8, 4) is 0 Å². The Morgan fingerprint density at radius 3 is 2.19 bits per heavy atom. The molecule has 0 unspecified atom stereocenters. The standard InChI is InChI=1S/C21H20Br2N2O2/c22-17-12-6-5-11-16(17)18(23)19(21(27)25-13-7-2-8-14-25)24-20(26)15-9-3-1-4-10-15/h1,3-6,9-12H,2,7-8,13-14H2,(H,24,26)/b19-18-. The van der Waals surface area contributed by atoms with Crippen LogP contribution in [0.25, 0.3) is 4.48 Å². The van der Waals surface area contributed by atoms with Gasteiger partial charge in [-0.1, -0.05) is 52.3 Å². The van der Waals surface area contributed by atoms with Crippen LogP contribution >= 0.6 is 31.9 Å². The van der Waals surface area contributed by atoms with E-state index in [1.807, 2.05) is 35.2 Å². The van der Waals surface area contributed by atoms with Gasteiger partial charge < -0.3 is 10.2 Å². The number of benzene rings is 2. The fourth-order valence-electron chi connectivity index (χ4n) is 3.01. The third-order valence-electron chi connectivity index (χ3n) is 4.46. The Balaban J connectivity index is 1.98. The molecule has 27 heavy (non-hydrogen) atoms. The maximum absolute atomic E-state index is 13.2. The van der Waals surface area contributed by atoms with Crippen LogP contribution in [0.1, 0.15) is 35.2 Å². The molecule has 0 aliphatic carbocycles. The molecule has 1 heterocycles. The van der Waals surface area contributed by atoms with E-state index in [1.54, 1.807) is 24.3 Å². The summed E-state index contributed by atoms with van der Waals surface area (Å²) in [6.45, 7) is 1.42. The van der Waals surface area contributed by atoms with E-state index in [-0.39, 0.29) is 17.5 Å². The maximum Gasteiger partial charge on any atom is 0.271 e. The van der Waals surface area contributed by atoms with Crippen LogP contribution in [0.2, 0.25) is 0 Å². The third-order valence-corrected chi connectivity index (χ3v) is 5.98. The minimum absolute atomic E-state index is 0.165. The van der Waals surface area contributed by atoms with Crippen molar-refractivity contribution in [2.75, 3.05) is 13.1 Å². The number of hydrogen-bond donors (Lipinski definition) is 1. The molecular formula is C21H20Br2N2O2. The van der Waals surface area contributed by atoms with Gasteiger partial charge in [-0.15, -0.1) is 0 Å². The van der Waals surface area contributed by atoms with Crippen LogP contribution in [0.15, 0.2) is 64.8 Å². The topological polar surface area (TPSA) is 49.4 Å². The Labute approximate surface area is 175 Å². The van der Waals surface area contributed by atoms with Crippen molar-refractivity contribution in [3.63, 3.8) is 0 Å². The largest absolute Gasteiger partial charge is 0.337 e. The zero-order chi connectivity index (χ0) is 19.2. The van der Waals surface area contributed by atoms with Gasteiger partial charge in [0, 0.05) is 28.7 Å². The van der Waals surface area contributed by atoms with Gasteiger partial charge in [0.2, 0.25) is 0 Å². The smallest absolute Gasteiger partial charge is 0.271 e. The number of halogens is 2. The summed E-state index contributed by atoms with van der Waals surface area (Å²) in [6.07, 6.45) is 3.10. The molecule has 0 aromatic heterocycles. The lowest BCUT2D eigenvalue weighted by molar-refractivity contribution is -0.128. The van der Waals surface area contributed by atoms with Crippen LogP contribution in [0.3, 0.4) is 0 Å². The molecule has 0 bridgehead atoms. The van der Waals surface area contributed by atoms with Gasteiger partial charge in [0.15, 0.2) is 0 Å². The summed E-state index contributed by atoms with van der Waals surface area (Å²) in [4.78, 5) is 27.7. The van der Waals surface area contributed by atoms with E-state index >= 15 is 0 Å². The van der Waals surface area contributed by atoms with E-state index in [4.69, 9.17) is 0 Å². The zero-order valence-corrected chi connectivity index (χ0v) is 17.9. The third kappa shape index (κ3) is 4.87. The first-order valence-corrected chi connectivity index (χ1v) is 10.5. The minimum atomic E-state index is -0.306.